The van der Waals surface area contributed by atoms with Crippen LogP contribution in [0, 0.1) is 0 Å². The second-order valence-corrected chi connectivity index (χ2v) is 8.02. The number of carbonyl (C=O) groups is 3. The number of piperidine rings is 1. The highest BCUT2D eigenvalue weighted by atomic mass is 16.5. The summed E-state index contributed by atoms with van der Waals surface area (Å²) < 4.78 is 6.01. The Morgan fingerprint density at radius 3 is 2.57 bits per heavy atom. The number of likely N-dealkylation sites (tertiary alicyclic amines) is 1. The second kappa shape index (κ2) is 9.96. The number of nitrogens with one attached hydrogen (secondary N) is 2. The number of nitrogens with zero attached hydrogens (tertiary/aromatic N) is 4. The van der Waals surface area contributed by atoms with Gasteiger partial charge >= 0.3 is 0 Å². The molecular weight excluding hydrogens is 396 g/mol. The fraction of sp³-hybridized carbons (Fsp3) is 0.722. The lowest BCUT2D eigenvalue weighted by molar-refractivity contribution is -0.205. The number of aromatic nitrogens is 3. The van der Waals surface area contributed by atoms with Crippen LogP contribution in [0.1, 0.15) is 36.7 Å². The summed E-state index contributed by atoms with van der Waals surface area (Å²) in [5.74, 6) is -0.316. The smallest absolute Gasteiger partial charge is 0.290 e. The number of H-pyrrole nitrogens is 1. The molecule has 3 rings (SSSR count). The number of hydrogen-bond donors (Lipinski definition) is 4. The number of carboxylic acid groups (broad SMARTS) is 1. The predicted octanol–water partition coefficient (Wildman–Crippen LogP) is -1.30. The molecule has 2 aliphatic heterocycles. The monoisotopic (exact) mass is 426 g/mol. The Balaban J connectivity index is 0.00000101. The molecule has 1 aromatic rings. The van der Waals surface area contributed by atoms with Crippen LogP contribution in [0.4, 0.5) is 0 Å². The van der Waals surface area contributed by atoms with Crippen molar-refractivity contribution in [2.75, 3.05) is 40.3 Å². The first kappa shape index (κ1) is 23.7. The van der Waals surface area contributed by atoms with E-state index in [4.69, 9.17) is 14.6 Å². The van der Waals surface area contributed by atoms with Crippen molar-refractivity contribution in [1.82, 2.24) is 30.5 Å². The number of aromatic amines is 1. The van der Waals surface area contributed by atoms with Crippen LogP contribution < -0.4 is 5.32 Å². The van der Waals surface area contributed by atoms with Gasteiger partial charge in [-0.15, -0.1) is 0 Å². The third-order valence-corrected chi connectivity index (χ3v) is 5.53. The molecule has 0 bridgehead atoms. The Morgan fingerprint density at radius 2 is 2.03 bits per heavy atom. The molecular formula is C18H30N6O6. The van der Waals surface area contributed by atoms with E-state index in [1.165, 1.54) is 6.20 Å². The van der Waals surface area contributed by atoms with Gasteiger partial charge in [0.15, 0.2) is 5.69 Å². The molecule has 2 atom stereocenters. The van der Waals surface area contributed by atoms with Crippen molar-refractivity contribution in [3.63, 3.8) is 0 Å². The summed E-state index contributed by atoms with van der Waals surface area (Å²) in [7, 11) is 3.65. The molecule has 0 radical (unpaired) electrons. The SMILES string of the molecule is CN(C)CC(=O)N[C@@]1(C)CCOC2(CCN(C(=O)c3cn[nH]n3)CC2)[C@@H]1O.O=CO. The topological polar surface area (TPSA) is 161 Å². The van der Waals surface area contributed by atoms with Crippen molar-refractivity contribution >= 4 is 18.3 Å². The maximum absolute atomic E-state index is 12.4. The van der Waals surface area contributed by atoms with Crippen molar-refractivity contribution in [2.24, 2.45) is 0 Å². The summed E-state index contributed by atoms with van der Waals surface area (Å²) >= 11 is 0. The third kappa shape index (κ3) is 5.32. The van der Waals surface area contributed by atoms with Gasteiger partial charge in [0.2, 0.25) is 5.91 Å². The van der Waals surface area contributed by atoms with E-state index in [0.717, 1.165) is 0 Å². The minimum atomic E-state index is -0.853. The van der Waals surface area contributed by atoms with Gasteiger partial charge in [0.1, 0.15) is 6.10 Å². The molecule has 168 valence electrons. The first-order valence-electron chi connectivity index (χ1n) is 9.68. The largest absolute Gasteiger partial charge is 0.483 e. The van der Waals surface area contributed by atoms with Crippen LogP contribution in [0.3, 0.4) is 0 Å². The summed E-state index contributed by atoms with van der Waals surface area (Å²) in [6.07, 6.45) is 2.08. The van der Waals surface area contributed by atoms with E-state index in [1.54, 1.807) is 9.80 Å². The van der Waals surface area contributed by atoms with Crippen LogP contribution in [0.5, 0.6) is 0 Å². The molecule has 3 heterocycles. The summed E-state index contributed by atoms with van der Waals surface area (Å²) in [5, 5.41) is 30.9. The maximum atomic E-state index is 12.4. The van der Waals surface area contributed by atoms with Crippen molar-refractivity contribution in [3.8, 4) is 0 Å². The zero-order valence-electron chi connectivity index (χ0n) is 17.5. The summed E-state index contributed by atoms with van der Waals surface area (Å²) in [6, 6.07) is 0. The first-order chi connectivity index (χ1) is 14.2. The van der Waals surface area contributed by atoms with Crippen LogP contribution in [-0.4, -0.2) is 111 Å². The average molecular weight is 426 g/mol. The molecule has 2 amide bonds. The molecule has 2 saturated heterocycles. The minimum absolute atomic E-state index is 0.128. The van der Waals surface area contributed by atoms with Crippen LogP contribution >= 0.6 is 0 Å². The van der Waals surface area contributed by atoms with Crippen LogP contribution in [0.15, 0.2) is 6.20 Å². The molecule has 12 heteroatoms. The van der Waals surface area contributed by atoms with Crippen LogP contribution in [0.25, 0.3) is 0 Å². The quantitative estimate of drug-likeness (QED) is 0.429. The van der Waals surface area contributed by atoms with Gasteiger partial charge in [-0.3, -0.25) is 14.4 Å². The molecule has 2 aliphatic rings. The number of rotatable bonds is 4. The molecule has 12 nitrogen and oxygen atoms in total. The maximum Gasteiger partial charge on any atom is 0.290 e. The summed E-state index contributed by atoms with van der Waals surface area (Å²) in [4.78, 5) is 36.5. The van der Waals surface area contributed by atoms with E-state index < -0.39 is 17.2 Å². The highest BCUT2D eigenvalue weighted by Crippen LogP contribution is 2.40. The van der Waals surface area contributed by atoms with E-state index in [1.807, 2.05) is 21.0 Å². The second-order valence-electron chi connectivity index (χ2n) is 8.02. The summed E-state index contributed by atoms with van der Waals surface area (Å²) in [6.45, 7) is 3.22. The number of hydrogen-bond acceptors (Lipinski definition) is 8. The Bertz CT molecular complexity index is 719. The number of carbonyl (C=O) groups excluding carboxylic acids is 2. The Morgan fingerprint density at radius 1 is 1.40 bits per heavy atom. The molecule has 1 aromatic heterocycles. The zero-order chi connectivity index (χ0) is 22.4. The van der Waals surface area contributed by atoms with E-state index in [2.05, 4.69) is 20.7 Å². The zero-order valence-corrected chi connectivity index (χ0v) is 17.5. The van der Waals surface area contributed by atoms with Gasteiger partial charge in [-0.05, 0) is 40.3 Å². The lowest BCUT2D eigenvalue weighted by atomic mass is 9.73. The fourth-order valence-corrected chi connectivity index (χ4v) is 4.01. The van der Waals surface area contributed by atoms with Gasteiger partial charge in [-0.25, -0.2) is 0 Å². The van der Waals surface area contributed by atoms with E-state index >= 15 is 0 Å². The normalized spacial score (nSPS) is 25.4. The highest BCUT2D eigenvalue weighted by molar-refractivity contribution is 5.91. The molecule has 30 heavy (non-hydrogen) atoms. The van der Waals surface area contributed by atoms with Gasteiger partial charge in [0, 0.05) is 19.7 Å². The van der Waals surface area contributed by atoms with Crippen LogP contribution in [-0.2, 0) is 14.3 Å². The summed E-state index contributed by atoms with van der Waals surface area (Å²) in [5.41, 5.74) is -1.25. The molecule has 2 fully saturated rings. The molecule has 0 saturated carbocycles. The van der Waals surface area contributed by atoms with E-state index in [9.17, 15) is 14.7 Å². The number of aliphatic hydroxyl groups excluding tert-OH is 1. The van der Waals surface area contributed by atoms with Crippen LogP contribution in [0.2, 0.25) is 0 Å². The average Bonchev–Trinajstić information content (AvgIpc) is 3.21. The molecule has 0 aromatic carbocycles. The predicted molar refractivity (Wildman–Crippen MR) is 105 cm³/mol. The Kier molecular flexibility index (Phi) is 7.87. The van der Waals surface area contributed by atoms with E-state index in [-0.39, 0.29) is 30.5 Å². The van der Waals surface area contributed by atoms with Crippen molar-refractivity contribution in [2.45, 2.75) is 43.4 Å². The number of amides is 2. The molecule has 4 N–H and O–H groups in total. The van der Waals surface area contributed by atoms with E-state index in [0.29, 0.717) is 39.0 Å². The van der Waals surface area contributed by atoms with Crippen molar-refractivity contribution in [1.29, 1.82) is 0 Å². The van der Waals surface area contributed by atoms with Gasteiger partial charge < -0.3 is 30.1 Å². The molecule has 0 unspecified atom stereocenters. The Labute approximate surface area is 174 Å². The number of aliphatic hydroxyl groups is 1. The van der Waals surface area contributed by atoms with Gasteiger partial charge in [-0.1, -0.05) is 0 Å². The number of ether oxygens (including phenoxy) is 1. The lowest BCUT2D eigenvalue weighted by Crippen LogP contribution is -2.69. The standard InChI is InChI=1S/C17H28N6O4.CH2O2/c1-16(19-13(24)11-22(2)3)6-9-27-17(15(16)26)4-7-23(8-5-17)14(25)12-10-18-21-20-12;2-1-3/h10,15,26H,4-9,11H2,1-3H3,(H,19,24)(H,18,20,21);1H,(H,2,3)/t15-,16+;/m1./s1. The van der Waals surface area contributed by atoms with Gasteiger partial charge in [0.25, 0.3) is 12.4 Å². The number of likely N-dealkylation sites (N-methyl/N-ethyl adjacent to an activating group) is 1. The first-order valence-corrected chi connectivity index (χ1v) is 9.68. The third-order valence-electron chi connectivity index (χ3n) is 5.53. The molecule has 0 aliphatic carbocycles. The van der Waals surface area contributed by atoms with Gasteiger partial charge in [0.05, 0.1) is 23.9 Å². The molecule has 1 spiro atoms. The fourth-order valence-electron chi connectivity index (χ4n) is 4.01. The van der Waals surface area contributed by atoms with Crippen molar-refractivity contribution < 1.29 is 29.3 Å². The minimum Gasteiger partial charge on any atom is -0.483 e. The lowest BCUT2D eigenvalue weighted by Gasteiger charge is -2.53. The highest BCUT2D eigenvalue weighted by Gasteiger charge is 2.54. The van der Waals surface area contributed by atoms with Crippen molar-refractivity contribution in [3.05, 3.63) is 11.9 Å². The Hall–Kier alpha value is -2.57. The van der Waals surface area contributed by atoms with Gasteiger partial charge in [-0.2, -0.15) is 15.4 Å².